The Morgan fingerprint density at radius 3 is 2.71 bits per heavy atom. The Morgan fingerprint density at radius 1 is 1.41 bits per heavy atom. The molecule has 92 valence electrons. The number of benzene rings is 1. The van der Waals surface area contributed by atoms with Crippen LogP contribution in [0.5, 0.6) is 11.5 Å². The van der Waals surface area contributed by atoms with Crippen LogP contribution in [-0.4, -0.2) is 20.1 Å². The third-order valence-electron chi connectivity index (χ3n) is 2.91. The van der Waals surface area contributed by atoms with Gasteiger partial charge in [0.2, 0.25) is 5.91 Å². The highest BCUT2D eigenvalue weighted by molar-refractivity contribution is 9.10. The molecule has 2 rings (SSSR count). The van der Waals surface area contributed by atoms with E-state index in [0.717, 1.165) is 21.5 Å². The largest absolute Gasteiger partial charge is 0.495 e. The van der Waals surface area contributed by atoms with E-state index in [2.05, 4.69) is 21.2 Å². The van der Waals surface area contributed by atoms with Crippen molar-refractivity contribution in [3.63, 3.8) is 0 Å². The second-order valence-electron chi connectivity index (χ2n) is 4.04. The molecule has 1 heterocycles. The fraction of sp³-hybridized carbons (Fsp3) is 0.417. The zero-order chi connectivity index (χ0) is 12.6. The molecule has 1 aliphatic rings. The van der Waals surface area contributed by atoms with Crippen LogP contribution in [0, 0.1) is 0 Å². The molecule has 0 saturated heterocycles. The van der Waals surface area contributed by atoms with Crippen LogP contribution < -0.4 is 14.8 Å². The van der Waals surface area contributed by atoms with Crippen LogP contribution in [0.3, 0.4) is 0 Å². The maximum Gasteiger partial charge on any atom is 0.225 e. The van der Waals surface area contributed by atoms with E-state index in [4.69, 9.17) is 9.47 Å². The second-order valence-corrected chi connectivity index (χ2v) is 4.89. The number of hydrogen-bond acceptors (Lipinski definition) is 3. The lowest BCUT2D eigenvalue weighted by atomic mass is 9.91. The molecule has 1 aromatic carbocycles. The molecule has 1 aromatic rings. The highest BCUT2D eigenvalue weighted by Crippen LogP contribution is 2.47. The first kappa shape index (κ1) is 12.2. The van der Waals surface area contributed by atoms with E-state index >= 15 is 0 Å². The van der Waals surface area contributed by atoms with Crippen molar-refractivity contribution in [2.24, 2.45) is 0 Å². The van der Waals surface area contributed by atoms with Crippen molar-refractivity contribution in [3.05, 3.63) is 16.1 Å². The maximum atomic E-state index is 11.6. The fourth-order valence-electron chi connectivity index (χ4n) is 2.17. The van der Waals surface area contributed by atoms with Crippen molar-refractivity contribution in [3.8, 4) is 11.5 Å². The van der Waals surface area contributed by atoms with Crippen LogP contribution >= 0.6 is 15.9 Å². The first-order valence-corrected chi connectivity index (χ1v) is 6.12. The predicted molar refractivity (Wildman–Crippen MR) is 68.9 cm³/mol. The Labute approximate surface area is 108 Å². The van der Waals surface area contributed by atoms with Crippen molar-refractivity contribution in [1.82, 2.24) is 0 Å². The van der Waals surface area contributed by atoms with E-state index in [-0.39, 0.29) is 11.8 Å². The minimum Gasteiger partial charge on any atom is -0.495 e. The summed E-state index contributed by atoms with van der Waals surface area (Å²) in [6.45, 7) is 2.01. The van der Waals surface area contributed by atoms with Crippen molar-refractivity contribution >= 4 is 27.5 Å². The molecule has 0 unspecified atom stereocenters. The van der Waals surface area contributed by atoms with Gasteiger partial charge in [0.25, 0.3) is 0 Å². The summed E-state index contributed by atoms with van der Waals surface area (Å²) in [6, 6.07) is 1.80. The molecule has 0 spiro atoms. The summed E-state index contributed by atoms with van der Waals surface area (Å²) in [5.74, 6) is 1.52. The Balaban J connectivity index is 2.69. The van der Waals surface area contributed by atoms with Crippen LogP contribution in [0.15, 0.2) is 10.5 Å². The lowest BCUT2D eigenvalue weighted by Gasteiger charge is -2.27. The van der Waals surface area contributed by atoms with Gasteiger partial charge in [0, 0.05) is 18.1 Å². The lowest BCUT2D eigenvalue weighted by molar-refractivity contribution is -0.116. The van der Waals surface area contributed by atoms with E-state index in [1.807, 2.05) is 6.92 Å². The quantitative estimate of drug-likeness (QED) is 0.913. The van der Waals surface area contributed by atoms with E-state index in [9.17, 15) is 4.79 Å². The highest BCUT2D eigenvalue weighted by atomic mass is 79.9. The molecular formula is C12H14BrNO3. The third kappa shape index (κ3) is 1.99. The molecule has 1 amide bonds. The Kier molecular flexibility index (Phi) is 3.28. The standard InChI is InChI=1S/C12H14BrNO3/c1-6-4-9(15)14-11-8(16-2)5-7(13)12(17-3)10(6)11/h5-6H,4H2,1-3H3,(H,14,15)/t6-/m0/s1. The first-order valence-electron chi connectivity index (χ1n) is 5.32. The minimum atomic E-state index is 0.00711. The normalized spacial score (nSPS) is 18.4. The van der Waals surface area contributed by atoms with Crippen molar-refractivity contribution in [2.45, 2.75) is 19.3 Å². The monoisotopic (exact) mass is 299 g/mol. The molecule has 1 aliphatic heterocycles. The SMILES string of the molecule is COc1cc(Br)c(OC)c2c1NC(=O)C[C@@H]2C. The number of anilines is 1. The fourth-order valence-corrected chi connectivity index (χ4v) is 2.75. The molecule has 0 aliphatic carbocycles. The molecule has 0 saturated carbocycles. The van der Waals surface area contributed by atoms with Gasteiger partial charge in [0.05, 0.1) is 24.4 Å². The first-order chi connectivity index (χ1) is 8.08. The highest BCUT2D eigenvalue weighted by Gasteiger charge is 2.29. The summed E-state index contributed by atoms with van der Waals surface area (Å²) in [4.78, 5) is 11.6. The van der Waals surface area contributed by atoms with Gasteiger partial charge in [-0.1, -0.05) is 6.92 Å². The van der Waals surface area contributed by atoms with Gasteiger partial charge in [-0.15, -0.1) is 0 Å². The molecule has 0 fully saturated rings. The van der Waals surface area contributed by atoms with Gasteiger partial charge in [-0.2, -0.15) is 0 Å². The van der Waals surface area contributed by atoms with Crippen molar-refractivity contribution in [2.75, 3.05) is 19.5 Å². The summed E-state index contributed by atoms with van der Waals surface area (Å²) >= 11 is 3.45. The topological polar surface area (TPSA) is 47.6 Å². The maximum absolute atomic E-state index is 11.6. The number of nitrogens with one attached hydrogen (secondary N) is 1. The smallest absolute Gasteiger partial charge is 0.225 e. The van der Waals surface area contributed by atoms with Crippen LogP contribution in [0.4, 0.5) is 5.69 Å². The zero-order valence-corrected chi connectivity index (χ0v) is 11.6. The lowest BCUT2D eigenvalue weighted by Crippen LogP contribution is -2.22. The van der Waals surface area contributed by atoms with Crippen LogP contribution in [0.2, 0.25) is 0 Å². The minimum absolute atomic E-state index is 0.00711. The summed E-state index contributed by atoms with van der Waals surface area (Å²) in [5.41, 5.74) is 1.70. The summed E-state index contributed by atoms with van der Waals surface area (Å²) in [6.07, 6.45) is 0.461. The molecule has 4 nitrogen and oxygen atoms in total. The number of fused-ring (bicyclic) bond motifs is 1. The van der Waals surface area contributed by atoms with Crippen molar-refractivity contribution < 1.29 is 14.3 Å². The van der Waals surface area contributed by atoms with E-state index in [0.29, 0.717) is 12.2 Å². The number of amides is 1. The van der Waals surface area contributed by atoms with E-state index in [1.54, 1.807) is 20.3 Å². The summed E-state index contributed by atoms with van der Waals surface area (Å²) in [5, 5.41) is 2.85. The van der Waals surface area contributed by atoms with Gasteiger partial charge >= 0.3 is 0 Å². The van der Waals surface area contributed by atoms with Crippen molar-refractivity contribution in [1.29, 1.82) is 0 Å². The average Bonchev–Trinajstić information content (AvgIpc) is 2.28. The molecule has 1 N–H and O–H groups in total. The van der Waals surface area contributed by atoms with Crippen LogP contribution in [0.25, 0.3) is 0 Å². The molecule has 1 atom stereocenters. The number of hydrogen-bond donors (Lipinski definition) is 1. The summed E-state index contributed by atoms with van der Waals surface area (Å²) in [7, 11) is 3.20. The zero-order valence-electron chi connectivity index (χ0n) is 9.96. The van der Waals surface area contributed by atoms with Gasteiger partial charge in [-0.3, -0.25) is 4.79 Å². The van der Waals surface area contributed by atoms with Gasteiger partial charge in [0.1, 0.15) is 11.5 Å². The second kappa shape index (κ2) is 4.56. The average molecular weight is 300 g/mol. The molecule has 17 heavy (non-hydrogen) atoms. The number of methoxy groups -OCH3 is 2. The number of carbonyl (C=O) groups excluding carboxylic acids is 1. The molecule has 0 radical (unpaired) electrons. The van der Waals surface area contributed by atoms with E-state index < -0.39 is 0 Å². The van der Waals surface area contributed by atoms with Gasteiger partial charge in [-0.25, -0.2) is 0 Å². The summed E-state index contributed by atoms with van der Waals surface area (Å²) < 4.78 is 11.5. The Morgan fingerprint density at radius 2 is 2.12 bits per heavy atom. The Bertz CT molecular complexity index is 473. The number of rotatable bonds is 2. The molecular weight excluding hydrogens is 286 g/mol. The van der Waals surface area contributed by atoms with Crippen LogP contribution in [-0.2, 0) is 4.79 Å². The number of halogens is 1. The van der Waals surface area contributed by atoms with Gasteiger partial charge < -0.3 is 14.8 Å². The molecule has 0 bridgehead atoms. The predicted octanol–water partition coefficient (Wildman–Crippen LogP) is 2.91. The third-order valence-corrected chi connectivity index (χ3v) is 3.50. The Hall–Kier alpha value is -1.23. The van der Waals surface area contributed by atoms with Gasteiger partial charge in [0.15, 0.2) is 0 Å². The number of ether oxygens (including phenoxy) is 2. The number of carbonyl (C=O) groups is 1. The molecule has 0 aromatic heterocycles. The van der Waals surface area contributed by atoms with Gasteiger partial charge in [-0.05, 0) is 21.8 Å². The van der Waals surface area contributed by atoms with Crippen LogP contribution in [0.1, 0.15) is 24.8 Å². The molecule has 5 heteroatoms. The van der Waals surface area contributed by atoms with E-state index in [1.165, 1.54) is 0 Å².